The summed E-state index contributed by atoms with van der Waals surface area (Å²) in [6.07, 6.45) is 1.61. The summed E-state index contributed by atoms with van der Waals surface area (Å²) in [5.41, 5.74) is 1.99. The summed E-state index contributed by atoms with van der Waals surface area (Å²) in [6.45, 7) is 5.53. The first-order valence-corrected chi connectivity index (χ1v) is 4.22. The van der Waals surface area contributed by atoms with Gasteiger partial charge in [-0.3, -0.25) is 0 Å². The second-order valence-electron chi connectivity index (χ2n) is 3.01. The van der Waals surface area contributed by atoms with E-state index in [2.05, 4.69) is 11.5 Å². The summed E-state index contributed by atoms with van der Waals surface area (Å²) in [6, 6.07) is 7.60. The zero-order chi connectivity index (χ0) is 9.68. The molecule has 0 saturated heterocycles. The molecular weight excluding hydrogens is 167 g/mol. The Labute approximate surface area is 77.7 Å². The van der Waals surface area contributed by atoms with Crippen LogP contribution in [-0.2, 0) is 4.94 Å². The van der Waals surface area contributed by atoms with Gasteiger partial charge in [-0.15, -0.1) is 6.58 Å². The van der Waals surface area contributed by atoms with Crippen molar-refractivity contribution < 1.29 is 9.47 Å². The molecule has 1 aromatic carbocycles. The fourth-order valence-electron chi connectivity index (χ4n) is 1.16. The van der Waals surface area contributed by atoms with Gasteiger partial charge >= 0.3 is 0 Å². The predicted octanol–water partition coefficient (Wildman–Crippen LogP) is 3.51. The Morgan fingerprint density at radius 3 is 2.54 bits per heavy atom. The first-order valence-electron chi connectivity index (χ1n) is 4.22. The summed E-state index contributed by atoms with van der Waals surface area (Å²) in [5.74, 6) is 0. The number of halogens is 1. The van der Waals surface area contributed by atoms with Crippen LogP contribution in [-0.4, -0.2) is 0 Å². The molecule has 1 unspecified atom stereocenters. The molecule has 0 aliphatic carbocycles. The first-order chi connectivity index (χ1) is 6.27. The number of benzene rings is 1. The quantitative estimate of drug-likeness (QED) is 0.644. The Morgan fingerprint density at radius 1 is 1.46 bits per heavy atom. The highest BCUT2D eigenvalue weighted by molar-refractivity contribution is 5.23. The molecule has 70 valence electrons. The van der Waals surface area contributed by atoms with E-state index in [-0.39, 0.29) is 0 Å². The Bertz CT molecular complexity index is 266. The van der Waals surface area contributed by atoms with Crippen LogP contribution in [0.5, 0.6) is 0 Å². The van der Waals surface area contributed by atoms with Gasteiger partial charge in [0, 0.05) is 0 Å². The smallest absolute Gasteiger partial charge is 0.127 e. The third kappa shape index (κ3) is 2.67. The lowest BCUT2D eigenvalue weighted by atomic mass is 10.1. The third-order valence-electron chi connectivity index (χ3n) is 1.94. The molecule has 0 bridgehead atoms. The number of rotatable bonds is 4. The third-order valence-corrected chi connectivity index (χ3v) is 1.94. The molecule has 0 saturated carbocycles. The predicted molar refractivity (Wildman–Crippen MR) is 50.9 cm³/mol. The Morgan fingerprint density at radius 2 is 2.08 bits per heavy atom. The molecule has 0 fully saturated rings. The normalized spacial score (nSPS) is 12.5. The summed E-state index contributed by atoms with van der Waals surface area (Å²) in [4.78, 5) is 3.85. The monoisotopic (exact) mass is 180 g/mol. The molecule has 1 aromatic rings. The van der Waals surface area contributed by atoms with Crippen molar-refractivity contribution in [1.82, 2.24) is 0 Å². The zero-order valence-corrected chi connectivity index (χ0v) is 7.66. The lowest BCUT2D eigenvalue weighted by Gasteiger charge is -2.09. The molecule has 0 aliphatic rings. The summed E-state index contributed by atoms with van der Waals surface area (Å²) in [7, 11) is 0. The van der Waals surface area contributed by atoms with Crippen LogP contribution in [0.2, 0.25) is 0 Å². The minimum absolute atomic E-state index is 0.486. The van der Waals surface area contributed by atoms with Gasteiger partial charge in [0.05, 0.1) is 0 Å². The van der Waals surface area contributed by atoms with E-state index in [1.54, 1.807) is 6.08 Å². The number of hydrogen-bond donors (Lipinski definition) is 0. The highest BCUT2D eigenvalue weighted by Crippen LogP contribution is 2.21. The van der Waals surface area contributed by atoms with E-state index in [9.17, 15) is 4.53 Å². The van der Waals surface area contributed by atoms with Crippen molar-refractivity contribution in [2.45, 2.75) is 19.4 Å². The van der Waals surface area contributed by atoms with Gasteiger partial charge in [-0.25, -0.2) is 0 Å². The molecule has 0 aliphatic heterocycles. The maximum absolute atomic E-state index is 12.1. The van der Waals surface area contributed by atoms with Crippen LogP contribution in [0.15, 0.2) is 36.9 Å². The van der Waals surface area contributed by atoms with Gasteiger partial charge in [-0.05, 0) is 23.4 Å². The highest BCUT2D eigenvalue weighted by Gasteiger charge is 2.09. The van der Waals surface area contributed by atoms with Crippen LogP contribution in [0.25, 0.3) is 0 Å². The topological polar surface area (TPSA) is 9.23 Å². The summed E-state index contributed by atoms with van der Waals surface area (Å²) < 4.78 is 12.1. The maximum atomic E-state index is 12.1. The molecule has 1 rings (SSSR count). The summed E-state index contributed by atoms with van der Waals surface area (Å²) in [5, 5.41) is 0. The van der Waals surface area contributed by atoms with Crippen molar-refractivity contribution in [1.29, 1.82) is 0 Å². The van der Waals surface area contributed by atoms with Gasteiger partial charge in [0.25, 0.3) is 0 Å². The van der Waals surface area contributed by atoms with Crippen molar-refractivity contribution in [2.24, 2.45) is 0 Å². The van der Waals surface area contributed by atoms with Crippen LogP contribution in [0, 0.1) is 6.92 Å². The van der Waals surface area contributed by atoms with E-state index in [4.69, 9.17) is 0 Å². The molecule has 0 heterocycles. The van der Waals surface area contributed by atoms with Gasteiger partial charge in [0.1, 0.15) is 6.10 Å². The Balaban J connectivity index is 2.78. The zero-order valence-electron chi connectivity index (χ0n) is 7.66. The standard InChI is InChI=1S/C11H13FO/c1-3-4-11(13-12)10-7-5-9(2)6-8-10/h3,5-8,11H,1,4H2,2H3. The van der Waals surface area contributed by atoms with Crippen LogP contribution < -0.4 is 0 Å². The average molecular weight is 180 g/mol. The molecule has 0 radical (unpaired) electrons. The van der Waals surface area contributed by atoms with Gasteiger partial charge in [-0.1, -0.05) is 35.9 Å². The molecule has 0 N–H and O–H groups in total. The number of hydrogen-bond acceptors (Lipinski definition) is 1. The fourth-order valence-corrected chi connectivity index (χ4v) is 1.16. The van der Waals surface area contributed by atoms with E-state index in [0.29, 0.717) is 6.42 Å². The molecule has 0 aromatic heterocycles. The molecule has 0 spiro atoms. The second-order valence-corrected chi connectivity index (χ2v) is 3.01. The number of aryl methyl sites for hydroxylation is 1. The molecule has 1 nitrogen and oxygen atoms in total. The van der Waals surface area contributed by atoms with Crippen molar-refractivity contribution in [2.75, 3.05) is 0 Å². The summed E-state index contributed by atoms with van der Waals surface area (Å²) >= 11 is 0. The Hall–Kier alpha value is -1.15. The maximum Gasteiger partial charge on any atom is 0.127 e. The van der Waals surface area contributed by atoms with E-state index < -0.39 is 6.10 Å². The van der Waals surface area contributed by atoms with Gasteiger partial charge in [0.15, 0.2) is 0 Å². The first kappa shape index (κ1) is 9.93. The molecular formula is C11H13FO. The Kier molecular flexibility index (Phi) is 3.65. The minimum Gasteiger partial charge on any atom is -0.186 e. The molecule has 1 atom stereocenters. The van der Waals surface area contributed by atoms with Gasteiger partial charge in [0.2, 0.25) is 0 Å². The highest BCUT2D eigenvalue weighted by atomic mass is 19.3. The van der Waals surface area contributed by atoms with Crippen molar-refractivity contribution in [3.05, 3.63) is 48.0 Å². The largest absolute Gasteiger partial charge is 0.186 e. The molecule has 13 heavy (non-hydrogen) atoms. The van der Waals surface area contributed by atoms with Crippen molar-refractivity contribution in [3.8, 4) is 0 Å². The molecule has 2 heteroatoms. The molecule has 0 amide bonds. The second kappa shape index (κ2) is 4.77. The van der Waals surface area contributed by atoms with Crippen LogP contribution in [0.1, 0.15) is 23.7 Å². The van der Waals surface area contributed by atoms with Crippen LogP contribution in [0.4, 0.5) is 4.53 Å². The fraction of sp³-hybridized carbons (Fsp3) is 0.273. The van der Waals surface area contributed by atoms with E-state index in [0.717, 1.165) is 11.1 Å². The van der Waals surface area contributed by atoms with E-state index in [1.165, 1.54) is 0 Å². The lowest BCUT2D eigenvalue weighted by molar-refractivity contribution is -0.180. The van der Waals surface area contributed by atoms with Crippen LogP contribution in [0.3, 0.4) is 0 Å². The lowest BCUT2D eigenvalue weighted by Crippen LogP contribution is -1.97. The van der Waals surface area contributed by atoms with Crippen molar-refractivity contribution in [3.63, 3.8) is 0 Å². The SMILES string of the molecule is C=CCC(OF)c1ccc(C)cc1. The van der Waals surface area contributed by atoms with Gasteiger partial charge in [-0.2, -0.15) is 4.94 Å². The minimum atomic E-state index is -0.516. The average Bonchev–Trinajstić information content (AvgIpc) is 2.16. The van der Waals surface area contributed by atoms with E-state index in [1.807, 2.05) is 31.2 Å². The van der Waals surface area contributed by atoms with Crippen molar-refractivity contribution >= 4 is 0 Å². The van der Waals surface area contributed by atoms with E-state index >= 15 is 0 Å². The van der Waals surface area contributed by atoms with Crippen LogP contribution >= 0.6 is 0 Å². The van der Waals surface area contributed by atoms with Gasteiger partial charge < -0.3 is 0 Å².